The number of amides is 1. The van der Waals surface area contributed by atoms with Gasteiger partial charge in [-0.15, -0.1) is 0 Å². The molecule has 108 valence electrons. The minimum Gasteiger partial charge on any atom is -0.497 e. The van der Waals surface area contributed by atoms with Gasteiger partial charge in [-0.1, -0.05) is 0 Å². The molecule has 2 unspecified atom stereocenters. The summed E-state index contributed by atoms with van der Waals surface area (Å²) >= 11 is 0. The first-order valence-electron chi connectivity index (χ1n) is 6.48. The van der Waals surface area contributed by atoms with Gasteiger partial charge in [0.1, 0.15) is 5.75 Å². The van der Waals surface area contributed by atoms with Crippen LogP contribution in [0.5, 0.6) is 5.75 Å². The molecule has 0 bridgehead atoms. The first kappa shape index (κ1) is 14.2. The van der Waals surface area contributed by atoms with Crippen LogP contribution >= 0.6 is 0 Å². The molecule has 1 aromatic carbocycles. The predicted octanol–water partition coefficient (Wildman–Crippen LogP) is 1.26. The maximum absolute atomic E-state index is 12.2. The van der Waals surface area contributed by atoms with Crippen molar-refractivity contribution in [2.24, 2.45) is 5.92 Å². The number of carboxylic acid groups (broad SMARTS) is 1. The number of hydrogen-bond acceptors (Lipinski definition) is 4. The zero-order chi connectivity index (χ0) is 14.7. The summed E-state index contributed by atoms with van der Waals surface area (Å²) in [6.45, 7) is 0. The Morgan fingerprint density at radius 1 is 1.40 bits per heavy atom. The van der Waals surface area contributed by atoms with Gasteiger partial charge in [-0.3, -0.25) is 9.59 Å². The third-order valence-corrected chi connectivity index (χ3v) is 3.62. The van der Waals surface area contributed by atoms with Gasteiger partial charge in [0, 0.05) is 11.7 Å². The van der Waals surface area contributed by atoms with E-state index in [-0.39, 0.29) is 17.9 Å². The molecule has 1 fully saturated rings. The van der Waals surface area contributed by atoms with Crippen molar-refractivity contribution in [2.75, 3.05) is 12.8 Å². The van der Waals surface area contributed by atoms with E-state index in [4.69, 9.17) is 15.6 Å². The lowest BCUT2D eigenvalue weighted by Gasteiger charge is -2.14. The SMILES string of the molecule is COc1ccc(N)c(C(=O)NC2CCC(C(=O)O)C2)c1. The molecule has 6 nitrogen and oxygen atoms in total. The third-order valence-electron chi connectivity index (χ3n) is 3.62. The van der Waals surface area contributed by atoms with Crippen molar-refractivity contribution in [1.29, 1.82) is 0 Å². The highest BCUT2D eigenvalue weighted by Crippen LogP contribution is 2.26. The van der Waals surface area contributed by atoms with E-state index in [2.05, 4.69) is 5.32 Å². The van der Waals surface area contributed by atoms with Crippen LogP contribution in [0, 0.1) is 5.92 Å². The lowest BCUT2D eigenvalue weighted by atomic mass is 10.1. The number of nitrogens with two attached hydrogens (primary N) is 1. The van der Waals surface area contributed by atoms with Crippen LogP contribution in [-0.2, 0) is 4.79 Å². The minimum absolute atomic E-state index is 0.116. The Morgan fingerprint density at radius 2 is 2.15 bits per heavy atom. The van der Waals surface area contributed by atoms with Crippen LogP contribution in [0.15, 0.2) is 18.2 Å². The number of benzene rings is 1. The maximum atomic E-state index is 12.2. The molecule has 4 N–H and O–H groups in total. The molecule has 1 saturated carbocycles. The van der Waals surface area contributed by atoms with Crippen molar-refractivity contribution in [3.8, 4) is 5.75 Å². The number of carbonyl (C=O) groups is 2. The number of methoxy groups -OCH3 is 1. The van der Waals surface area contributed by atoms with Gasteiger partial charge in [0.2, 0.25) is 0 Å². The van der Waals surface area contributed by atoms with Crippen LogP contribution in [0.3, 0.4) is 0 Å². The molecular weight excluding hydrogens is 260 g/mol. The van der Waals surface area contributed by atoms with E-state index in [1.54, 1.807) is 18.2 Å². The van der Waals surface area contributed by atoms with Crippen molar-refractivity contribution in [3.63, 3.8) is 0 Å². The summed E-state index contributed by atoms with van der Waals surface area (Å²) in [6, 6.07) is 4.76. The Labute approximate surface area is 116 Å². The number of carbonyl (C=O) groups excluding carboxylic acids is 1. The Balaban J connectivity index is 2.04. The summed E-state index contributed by atoms with van der Waals surface area (Å²) in [7, 11) is 1.52. The average molecular weight is 278 g/mol. The van der Waals surface area contributed by atoms with E-state index < -0.39 is 5.97 Å². The highest BCUT2D eigenvalue weighted by atomic mass is 16.5. The molecule has 2 atom stereocenters. The lowest BCUT2D eigenvalue weighted by Crippen LogP contribution is -2.33. The van der Waals surface area contributed by atoms with Gasteiger partial charge in [-0.05, 0) is 37.5 Å². The van der Waals surface area contributed by atoms with Crippen molar-refractivity contribution in [1.82, 2.24) is 5.32 Å². The van der Waals surface area contributed by atoms with E-state index in [0.717, 1.165) is 0 Å². The summed E-state index contributed by atoms with van der Waals surface area (Å²) < 4.78 is 5.07. The van der Waals surface area contributed by atoms with Crippen LogP contribution in [0.4, 0.5) is 5.69 Å². The molecular formula is C14H18N2O4. The van der Waals surface area contributed by atoms with E-state index in [9.17, 15) is 9.59 Å². The second-order valence-corrected chi connectivity index (χ2v) is 4.97. The zero-order valence-corrected chi connectivity index (χ0v) is 11.3. The number of carboxylic acids is 1. The second-order valence-electron chi connectivity index (χ2n) is 4.97. The van der Waals surface area contributed by atoms with E-state index in [1.165, 1.54) is 7.11 Å². The number of rotatable bonds is 4. The molecule has 6 heteroatoms. The normalized spacial score (nSPS) is 21.4. The number of aliphatic carboxylic acids is 1. The first-order valence-corrected chi connectivity index (χ1v) is 6.48. The summed E-state index contributed by atoms with van der Waals surface area (Å²) in [5.74, 6) is -0.915. The molecule has 20 heavy (non-hydrogen) atoms. The fourth-order valence-corrected chi connectivity index (χ4v) is 2.46. The zero-order valence-electron chi connectivity index (χ0n) is 11.3. The van der Waals surface area contributed by atoms with Crippen molar-refractivity contribution in [2.45, 2.75) is 25.3 Å². The molecule has 1 aromatic rings. The monoisotopic (exact) mass is 278 g/mol. The van der Waals surface area contributed by atoms with Gasteiger partial charge in [-0.25, -0.2) is 0 Å². The largest absolute Gasteiger partial charge is 0.497 e. The van der Waals surface area contributed by atoms with Gasteiger partial charge in [-0.2, -0.15) is 0 Å². The summed E-state index contributed by atoms with van der Waals surface area (Å²) in [6.07, 6.45) is 1.73. The molecule has 1 aliphatic rings. The van der Waals surface area contributed by atoms with Gasteiger partial charge in [0.15, 0.2) is 0 Å². The van der Waals surface area contributed by atoms with Gasteiger partial charge in [0.25, 0.3) is 5.91 Å². The third kappa shape index (κ3) is 3.01. The fourth-order valence-electron chi connectivity index (χ4n) is 2.46. The molecule has 1 aliphatic carbocycles. The molecule has 0 aliphatic heterocycles. The first-order chi connectivity index (χ1) is 9.51. The Morgan fingerprint density at radius 3 is 2.75 bits per heavy atom. The summed E-state index contributed by atoms with van der Waals surface area (Å²) in [5.41, 5.74) is 6.51. The highest BCUT2D eigenvalue weighted by Gasteiger charge is 2.30. The Bertz CT molecular complexity index is 530. The molecule has 2 rings (SSSR count). The average Bonchev–Trinajstić information content (AvgIpc) is 2.88. The second kappa shape index (κ2) is 5.81. The van der Waals surface area contributed by atoms with Crippen LogP contribution in [0.1, 0.15) is 29.6 Å². The lowest BCUT2D eigenvalue weighted by molar-refractivity contribution is -0.141. The van der Waals surface area contributed by atoms with Crippen molar-refractivity contribution in [3.05, 3.63) is 23.8 Å². The Kier molecular flexibility index (Phi) is 4.12. The highest BCUT2D eigenvalue weighted by molar-refractivity contribution is 5.99. The maximum Gasteiger partial charge on any atom is 0.306 e. The quantitative estimate of drug-likeness (QED) is 0.720. The van der Waals surface area contributed by atoms with E-state index in [0.29, 0.717) is 36.3 Å². The van der Waals surface area contributed by atoms with E-state index in [1.807, 2.05) is 0 Å². The number of hydrogen-bond donors (Lipinski definition) is 3. The van der Waals surface area contributed by atoms with Crippen molar-refractivity contribution < 1.29 is 19.4 Å². The van der Waals surface area contributed by atoms with Gasteiger partial charge in [0.05, 0.1) is 18.6 Å². The van der Waals surface area contributed by atoms with Crippen LogP contribution in [-0.4, -0.2) is 30.1 Å². The molecule has 0 saturated heterocycles. The topological polar surface area (TPSA) is 102 Å². The molecule has 1 amide bonds. The smallest absolute Gasteiger partial charge is 0.306 e. The number of nitrogen functional groups attached to an aromatic ring is 1. The van der Waals surface area contributed by atoms with Crippen LogP contribution < -0.4 is 15.8 Å². The minimum atomic E-state index is -0.803. The molecule has 0 radical (unpaired) electrons. The molecule has 0 aromatic heterocycles. The van der Waals surface area contributed by atoms with Crippen molar-refractivity contribution >= 4 is 17.6 Å². The van der Waals surface area contributed by atoms with Gasteiger partial charge >= 0.3 is 5.97 Å². The summed E-state index contributed by atoms with van der Waals surface area (Å²) in [4.78, 5) is 23.1. The van der Waals surface area contributed by atoms with Crippen LogP contribution in [0.2, 0.25) is 0 Å². The summed E-state index contributed by atoms with van der Waals surface area (Å²) in [5, 5.41) is 11.8. The Hall–Kier alpha value is -2.24. The predicted molar refractivity (Wildman–Crippen MR) is 73.6 cm³/mol. The molecule has 0 spiro atoms. The van der Waals surface area contributed by atoms with E-state index >= 15 is 0 Å². The number of anilines is 1. The number of ether oxygens (including phenoxy) is 1. The molecule has 0 heterocycles. The number of nitrogens with one attached hydrogen (secondary N) is 1. The standard InChI is InChI=1S/C14H18N2O4/c1-20-10-4-5-12(15)11(7-10)13(17)16-9-3-2-8(6-9)14(18)19/h4-5,7-9H,2-3,6,15H2,1H3,(H,16,17)(H,18,19). The van der Waals surface area contributed by atoms with Crippen LogP contribution in [0.25, 0.3) is 0 Å². The fraction of sp³-hybridized carbons (Fsp3) is 0.429. The van der Waals surface area contributed by atoms with Gasteiger partial charge < -0.3 is 20.9 Å².